The maximum absolute atomic E-state index is 12.7. The van der Waals surface area contributed by atoms with Crippen LogP contribution in [-0.4, -0.2) is 41.7 Å². The number of amides is 1. The van der Waals surface area contributed by atoms with Gasteiger partial charge < -0.3 is 15.7 Å². The number of carbonyl (C=O) groups is 1. The molecule has 4 heteroatoms. The Morgan fingerprint density at radius 1 is 1.16 bits per heavy atom. The van der Waals surface area contributed by atoms with Gasteiger partial charge in [0.15, 0.2) is 0 Å². The average Bonchev–Trinajstić information content (AvgIpc) is 2.71. The van der Waals surface area contributed by atoms with Crippen molar-refractivity contribution in [2.45, 2.75) is 57.4 Å². The molecule has 0 aromatic heterocycles. The molecular formula is C15H28N2O2. The molecule has 0 aromatic carbocycles. The van der Waals surface area contributed by atoms with Gasteiger partial charge in [-0.2, -0.15) is 0 Å². The zero-order valence-corrected chi connectivity index (χ0v) is 11.9. The predicted molar refractivity (Wildman–Crippen MR) is 75.6 cm³/mol. The molecule has 2 rings (SSSR count). The first-order valence-electron chi connectivity index (χ1n) is 7.87. The van der Waals surface area contributed by atoms with Crippen LogP contribution in [0.2, 0.25) is 0 Å². The SMILES string of the molecule is NCC1CCCC(C(=O)N2CCCCCC2CO)C1. The van der Waals surface area contributed by atoms with E-state index in [9.17, 15) is 9.90 Å². The average molecular weight is 268 g/mol. The Labute approximate surface area is 116 Å². The minimum atomic E-state index is 0.0493. The van der Waals surface area contributed by atoms with Crippen LogP contribution >= 0.6 is 0 Å². The molecule has 1 aliphatic carbocycles. The smallest absolute Gasteiger partial charge is 0.226 e. The van der Waals surface area contributed by atoms with Crippen molar-refractivity contribution < 1.29 is 9.90 Å². The van der Waals surface area contributed by atoms with E-state index in [4.69, 9.17) is 5.73 Å². The van der Waals surface area contributed by atoms with Crippen LogP contribution in [0, 0.1) is 11.8 Å². The number of rotatable bonds is 3. The first-order chi connectivity index (χ1) is 9.26. The predicted octanol–water partition coefficient (Wildman–Crippen LogP) is 1.51. The summed E-state index contributed by atoms with van der Waals surface area (Å²) in [5.74, 6) is 0.941. The topological polar surface area (TPSA) is 66.6 Å². The van der Waals surface area contributed by atoms with Gasteiger partial charge in [0.2, 0.25) is 5.91 Å². The van der Waals surface area contributed by atoms with Crippen LogP contribution in [-0.2, 0) is 4.79 Å². The zero-order valence-electron chi connectivity index (χ0n) is 11.9. The number of aliphatic hydroxyl groups is 1. The second kappa shape index (κ2) is 7.25. The van der Waals surface area contributed by atoms with Crippen molar-refractivity contribution in [3.8, 4) is 0 Å². The lowest BCUT2D eigenvalue weighted by Crippen LogP contribution is -2.46. The lowest BCUT2D eigenvalue weighted by atomic mass is 9.80. The first-order valence-corrected chi connectivity index (χ1v) is 7.87. The Morgan fingerprint density at radius 2 is 2.00 bits per heavy atom. The van der Waals surface area contributed by atoms with Gasteiger partial charge in [0, 0.05) is 12.5 Å². The fraction of sp³-hybridized carbons (Fsp3) is 0.933. The van der Waals surface area contributed by atoms with Gasteiger partial charge in [0.25, 0.3) is 0 Å². The summed E-state index contributed by atoms with van der Waals surface area (Å²) in [6.07, 6.45) is 8.58. The van der Waals surface area contributed by atoms with Crippen LogP contribution in [0.4, 0.5) is 0 Å². The highest BCUT2D eigenvalue weighted by Gasteiger charge is 2.33. The van der Waals surface area contributed by atoms with E-state index >= 15 is 0 Å². The van der Waals surface area contributed by atoms with Gasteiger partial charge in [-0.25, -0.2) is 0 Å². The summed E-state index contributed by atoms with van der Waals surface area (Å²) in [5, 5.41) is 9.52. The van der Waals surface area contributed by atoms with E-state index in [1.54, 1.807) is 0 Å². The van der Waals surface area contributed by atoms with Crippen LogP contribution in [0.5, 0.6) is 0 Å². The van der Waals surface area contributed by atoms with E-state index in [2.05, 4.69) is 0 Å². The van der Waals surface area contributed by atoms with Crippen LogP contribution in [0.15, 0.2) is 0 Å². The summed E-state index contributed by atoms with van der Waals surface area (Å²) in [6.45, 7) is 1.64. The van der Waals surface area contributed by atoms with Crippen molar-refractivity contribution in [1.82, 2.24) is 4.90 Å². The second-order valence-corrected chi connectivity index (χ2v) is 6.18. The number of nitrogens with two attached hydrogens (primary N) is 1. The summed E-state index contributed by atoms with van der Waals surface area (Å²) in [6, 6.07) is 0.0493. The van der Waals surface area contributed by atoms with E-state index in [0.717, 1.165) is 45.1 Å². The van der Waals surface area contributed by atoms with Gasteiger partial charge in [-0.05, 0) is 44.6 Å². The highest BCUT2D eigenvalue weighted by Crippen LogP contribution is 2.31. The monoisotopic (exact) mass is 268 g/mol. The number of aliphatic hydroxyl groups excluding tert-OH is 1. The first kappa shape index (κ1) is 14.8. The maximum Gasteiger partial charge on any atom is 0.226 e. The molecule has 0 spiro atoms. The van der Waals surface area contributed by atoms with E-state index in [1.807, 2.05) is 4.90 Å². The molecule has 3 N–H and O–H groups in total. The minimum Gasteiger partial charge on any atom is -0.394 e. The third-order valence-corrected chi connectivity index (χ3v) is 4.84. The summed E-state index contributed by atoms with van der Waals surface area (Å²) in [4.78, 5) is 14.7. The van der Waals surface area contributed by atoms with Crippen molar-refractivity contribution in [2.75, 3.05) is 19.7 Å². The molecule has 0 aromatic rings. The fourth-order valence-electron chi connectivity index (χ4n) is 3.62. The molecule has 19 heavy (non-hydrogen) atoms. The van der Waals surface area contributed by atoms with Crippen molar-refractivity contribution in [3.63, 3.8) is 0 Å². The molecule has 2 aliphatic rings. The van der Waals surface area contributed by atoms with Gasteiger partial charge in [-0.1, -0.05) is 19.3 Å². The van der Waals surface area contributed by atoms with Crippen LogP contribution < -0.4 is 5.73 Å². The Kier molecular flexibility index (Phi) is 5.64. The lowest BCUT2D eigenvalue weighted by molar-refractivity contribution is -0.140. The van der Waals surface area contributed by atoms with Crippen molar-refractivity contribution in [3.05, 3.63) is 0 Å². The molecule has 0 bridgehead atoms. The van der Waals surface area contributed by atoms with Crippen LogP contribution in [0.1, 0.15) is 51.4 Å². The fourth-order valence-corrected chi connectivity index (χ4v) is 3.62. The highest BCUT2D eigenvalue weighted by atomic mass is 16.3. The normalized spacial score (nSPS) is 32.9. The summed E-state index contributed by atoms with van der Waals surface area (Å²) in [7, 11) is 0. The molecule has 1 saturated carbocycles. The number of hydrogen-bond acceptors (Lipinski definition) is 3. The number of carbonyl (C=O) groups excluding carboxylic acids is 1. The Bertz CT molecular complexity index is 296. The Morgan fingerprint density at radius 3 is 2.74 bits per heavy atom. The molecule has 1 saturated heterocycles. The van der Waals surface area contributed by atoms with Gasteiger partial charge in [0.05, 0.1) is 12.6 Å². The molecule has 2 fully saturated rings. The summed E-state index contributed by atoms with van der Waals surface area (Å²) >= 11 is 0. The Balaban J connectivity index is 1.99. The van der Waals surface area contributed by atoms with Crippen LogP contribution in [0.25, 0.3) is 0 Å². The van der Waals surface area contributed by atoms with Gasteiger partial charge >= 0.3 is 0 Å². The molecular weight excluding hydrogens is 240 g/mol. The molecule has 0 radical (unpaired) electrons. The van der Waals surface area contributed by atoms with Crippen LogP contribution in [0.3, 0.4) is 0 Å². The summed E-state index contributed by atoms with van der Waals surface area (Å²) in [5.41, 5.74) is 5.76. The van der Waals surface area contributed by atoms with E-state index in [-0.39, 0.29) is 24.5 Å². The minimum absolute atomic E-state index is 0.0493. The Hall–Kier alpha value is -0.610. The van der Waals surface area contributed by atoms with E-state index in [0.29, 0.717) is 12.5 Å². The molecule has 1 heterocycles. The van der Waals surface area contributed by atoms with Crippen molar-refractivity contribution in [1.29, 1.82) is 0 Å². The van der Waals surface area contributed by atoms with Gasteiger partial charge in [-0.15, -0.1) is 0 Å². The largest absolute Gasteiger partial charge is 0.394 e. The third-order valence-electron chi connectivity index (χ3n) is 4.84. The second-order valence-electron chi connectivity index (χ2n) is 6.18. The molecule has 110 valence electrons. The number of likely N-dealkylation sites (tertiary alicyclic amines) is 1. The molecule has 4 nitrogen and oxygen atoms in total. The third kappa shape index (κ3) is 3.69. The van der Waals surface area contributed by atoms with Crippen molar-refractivity contribution >= 4 is 5.91 Å². The zero-order chi connectivity index (χ0) is 13.7. The lowest BCUT2D eigenvalue weighted by Gasteiger charge is -2.35. The van der Waals surface area contributed by atoms with Gasteiger partial charge in [0.1, 0.15) is 0 Å². The summed E-state index contributed by atoms with van der Waals surface area (Å²) < 4.78 is 0. The van der Waals surface area contributed by atoms with Gasteiger partial charge in [-0.3, -0.25) is 4.79 Å². The molecule has 1 amide bonds. The standard InChI is InChI=1S/C15H28N2O2/c16-10-12-5-4-6-13(9-12)15(19)17-8-3-1-2-7-14(17)11-18/h12-14,18H,1-11,16H2. The highest BCUT2D eigenvalue weighted by molar-refractivity contribution is 5.79. The van der Waals surface area contributed by atoms with E-state index < -0.39 is 0 Å². The quantitative estimate of drug-likeness (QED) is 0.815. The molecule has 3 unspecified atom stereocenters. The molecule has 3 atom stereocenters. The number of nitrogens with zero attached hydrogens (tertiary/aromatic N) is 1. The molecule has 1 aliphatic heterocycles. The van der Waals surface area contributed by atoms with E-state index in [1.165, 1.54) is 12.8 Å². The maximum atomic E-state index is 12.7. The van der Waals surface area contributed by atoms with Crippen molar-refractivity contribution in [2.24, 2.45) is 17.6 Å². The number of hydrogen-bond donors (Lipinski definition) is 2.